The second-order valence-electron chi connectivity index (χ2n) is 6.00. The zero-order valence-corrected chi connectivity index (χ0v) is 15.4. The number of H-pyrrole nitrogens is 1. The Morgan fingerprint density at radius 3 is 2.65 bits per heavy atom. The molecule has 1 atom stereocenters. The number of aromatic nitrogens is 1. The predicted octanol–water partition coefficient (Wildman–Crippen LogP) is -2.39. The van der Waals surface area contributed by atoms with Crippen LogP contribution in [-0.4, -0.2) is 4.98 Å². The van der Waals surface area contributed by atoms with Gasteiger partial charge in [0.25, 0.3) is 0 Å². The molecule has 5 rings (SSSR count). The van der Waals surface area contributed by atoms with Crippen LogP contribution in [0, 0.1) is 0 Å². The molecule has 1 aromatic heterocycles. The van der Waals surface area contributed by atoms with Crippen LogP contribution < -0.4 is 28.7 Å². The maximum absolute atomic E-state index is 3.58. The van der Waals surface area contributed by atoms with Crippen LogP contribution in [0.5, 0.6) is 0 Å². The quantitative estimate of drug-likeness (QED) is 0.457. The molecule has 1 nitrogen and oxygen atoms in total. The van der Waals surface area contributed by atoms with Gasteiger partial charge in [0, 0.05) is 0 Å². The zero-order chi connectivity index (χ0) is 14.0. The molecule has 0 saturated heterocycles. The van der Waals surface area contributed by atoms with Gasteiger partial charge < -0.3 is 24.8 Å². The Labute approximate surface area is 159 Å². The van der Waals surface area contributed by atoms with Crippen molar-refractivity contribution in [2.45, 2.75) is 18.8 Å². The van der Waals surface area contributed by atoms with Gasteiger partial charge in [-0.15, -0.1) is 0 Å². The Hall–Kier alpha value is -0.986. The SMILES string of the molecule is [Cl-].[Cl-].[Ti+2][c]1c2[nH]c3ccc(C4C=Cc5ccccc54)c(c13)CC2. The summed E-state index contributed by atoms with van der Waals surface area (Å²) >= 11 is 2.26. The molecule has 0 saturated carbocycles. The Morgan fingerprint density at radius 1 is 0.957 bits per heavy atom. The molecule has 1 N–H and O–H groups in total. The number of benzene rings is 2. The van der Waals surface area contributed by atoms with E-state index in [0.29, 0.717) is 5.92 Å². The summed E-state index contributed by atoms with van der Waals surface area (Å²) in [6.07, 6.45) is 6.96. The van der Waals surface area contributed by atoms with Gasteiger partial charge in [0.15, 0.2) is 0 Å². The molecule has 0 spiro atoms. The molecule has 1 heterocycles. The Morgan fingerprint density at radius 2 is 1.78 bits per heavy atom. The summed E-state index contributed by atoms with van der Waals surface area (Å²) in [7, 11) is 0. The van der Waals surface area contributed by atoms with Crippen molar-refractivity contribution >= 4 is 20.8 Å². The molecule has 2 aromatic carbocycles. The fourth-order valence-corrected chi connectivity index (χ4v) is 4.69. The van der Waals surface area contributed by atoms with Gasteiger partial charge in [-0.3, -0.25) is 0 Å². The summed E-state index contributed by atoms with van der Waals surface area (Å²) in [6.45, 7) is 0. The number of fused-ring (bicyclic) bond motifs is 2. The van der Waals surface area contributed by atoms with Crippen LogP contribution >= 0.6 is 0 Å². The number of rotatable bonds is 1. The molecule has 2 bridgehead atoms. The Bertz CT molecular complexity index is 927. The van der Waals surface area contributed by atoms with E-state index in [9.17, 15) is 0 Å². The third-order valence-electron chi connectivity index (χ3n) is 4.95. The van der Waals surface area contributed by atoms with Gasteiger partial charge in [0.2, 0.25) is 0 Å². The summed E-state index contributed by atoms with van der Waals surface area (Å²) in [6, 6.07) is 13.4. The first-order valence-corrected chi connectivity index (χ1v) is 8.26. The monoisotopic (exact) mass is 374 g/mol. The molecule has 0 fully saturated rings. The first kappa shape index (κ1) is 16.9. The van der Waals surface area contributed by atoms with Crippen LogP contribution in [0.3, 0.4) is 0 Å². The summed E-state index contributed by atoms with van der Waals surface area (Å²) in [5.41, 5.74) is 8.62. The second-order valence-corrected chi connectivity index (χ2v) is 6.78. The van der Waals surface area contributed by atoms with E-state index in [2.05, 4.69) is 74.0 Å². The van der Waals surface area contributed by atoms with Gasteiger partial charge in [-0.05, 0) is 0 Å². The predicted molar refractivity (Wildman–Crippen MR) is 82.7 cm³/mol. The van der Waals surface area contributed by atoms with E-state index in [0.717, 1.165) is 6.42 Å². The maximum atomic E-state index is 3.58. The molecule has 2 aliphatic rings. The molecule has 3 aromatic rings. The fourth-order valence-electron chi connectivity index (χ4n) is 3.95. The first-order valence-electron chi connectivity index (χ1n) is 7.48. The summed E-state index contributed by atoms with van der Waals surface area (Å²) in [5.74, 6) is 0.427. The van der Waals surface area contributed by atoms with Crippen molar-refractivity contribution in [3.05, 3.63) is 70.4 Å². The Kier molecular flexibility index (Phi) is 4.50. The molecule has 23 heavy (non-hydrogen) atoms. The van der Waals surface area contributed by atoms with E-state index in [-0.39, 0.29) is 24.8 Å². The van der Waals surface area contributed by atoms with E-state index in [1.54, 1.807) is 5.56 Å². The van der Waals surface area contributed by atoms with E-state index >= 15 is 0 Å². The number of allylic oxidation sites excluding steroid dienone is 1. The summed E-state index contributed by atoms with van der Waals surface area (Å²) in [5, 5.41) is 1.48. The molecular weight excluding hydrogens is 361 g/mol. The average Bonchev–Trinajstić information content (AvgIpc) is 3.03. The minimum atomic E-state index is 0. The number of aryl methyl sites for hydroxylation is 2. The molecule has 0 radical (unpaired) electrons. The van der Waals surface area contributed by atoms with Crippen LogP contribution in [0.25, 0.3) is 17.0 Å². The van der Waals surface area contributed by atoms with Crippen molar-refractivity contribution in [1.29, 1.82) is 0 Å². The van der Waals surface area contributed by atoms with Gasteiger partial charge in [0.05, 0.1) is 0 Å². The molecule has 2 aliphatic carbocycles. The van der Waals surface area contributed by atoms with Crippen LogP contribution in [-0.2, 0) is 33.3 Å². The van der Waals surface area contributed by atoms with Crippen molar-refractivity contribution in [3.8, 4) is 0 Å². The number of hydrogen-bond donors (Lipinski definition) is 1. The van der Waals surface area contributed by atoms with Gasteiger partial charge in [-0.25, -0.2) is 0 Å². The van der Waals surface area contributed by atoms with Crippen molar-refractivity contribution in [2.75, 3.05) is 0 Å². The van der Waals surface area contributed by atoms with E-state index in [1.807, 2.05) is 0 Å². The number of halogens is 2. The van der Waals surface area contributed by atoms with Crippen LogP contribution in [0.2, 0.25) is 0 Å². The van der Waals surface area contributed by atoms with E-state index < -0.39 is 0 Å². The zero-order valence-electron chi connectivity index (χ0n) is 12.4. The minimum absolute atomic E-state index is 0. The molecule has 0 aliphatic heterocycles. The van der Waals surface area contributed by atoms with Crippen LogP contribution in [0.4, 0.5) is 0 Å². The van der Waals surface area contributed by atoms with Crippen molar-refractivity contribution < 1.29 is 45.2 Å². The van der Waals surface area contributed by atoms with Gasteiger partial charge >= 0.3 is 135 Å². The van der Waals surface area contributed by atoms with Gasteiger partial charge in [0.1, 0.15) is 0 Å². The summed E-state index contributed by atoms with van der Waals surface area (Å²) < 4.78 is 1.46. The molecule has 4 heteroatoms. The number of aromatic amines is 1. The average molecular weight is 375 g/mol. The van der Waals surface area contributed by atoms with E-state index in [4.69, 9.17) is 0 Å². The van der Waals surface area contributed by atoms with Gasteiger partial charge in [-0.1, -0.05) is 0 Å². The number of nitrogens with one attached hydrogen (secondary N) is 1. The first-order chi connectivity index (χ1) is 10.3. The van der Waals surface area contributed by atoms with Crippen LogP contribution in [0.15, 0.2) is 42.5 Å². The topological polar surface area (TPSA) is 15.8 Å². The third kappa shape index (κ3) is 2.34. The van der Waals surface area contributed by atoms with E-state index in [1.165, 1.54) is 43.6 Å². The molecule has 1 unspecified atom stereocenters. The third-order valence-corrected chi connectivity index (χ3v) is 5.81. The van der Waals surface area contributed by atoms with Crippen LogP contribution in [0.1, 0.15) is 33.9 Å². The van der Waals surface area contributed by atoms with Crippen molar-refractivity contribution in [1.82, 2.24) is 4.98 Å². The summed E-state index contributed by atoms with van der Waals surface area (Å²) in [4.78, 5) is 3.58. The van der Waals surface area contributed by atoms with Crippen molar-refractivity contribution in [2.24, 2.45) is 0 Å². The van der Waals surface area contributed by atoms with Crippen molar-refractivity contribution in [3.63, 3.8) is 0 Å². The standard InChI is InChI=1S/C19H14N.2ClH.Ti/c1-2-4-14-12(3-1)5-7-15(14)16-9-10-19-18-11-13(20-19)6-8-17(16)18;;;/h1-5,7,9-10,15,20H,6,8H2;2*1H;/q;;;+2/p-2. The fraction of sp³-hybridized carbons (Fsp3) is 0.158. The number of hydrogen-bond acceptors (Lipinski definition) is 0. The Balaban J connectivity index is 0.000000781. The normalized spacial score (nSPS) is 17.0. The second kappa shape index (κ2) is 6.14. The molecular formula is C19H14Cl2NTi. The molecule has 113 valence electrons. The van der Waals surface area contributed by atoms with Gasteiger partial charge in [-0.2, -0.15) is 0 Å². The molecule has 0 amide bonds.